The maximum absolute atomic E-state index is 12.4. The van der Waals surface area contributed by atoms with Gasteiger partial charge in [0.25, 0.3) is 0 Å². The highest BCUT2D eigenvalue weighted by Crippen LogP contribution is 2.38. The van der Waals surface area contributed by atoms with Crippen LogP contribution >= 0.6 is 11.8 Å². The molecule has 0 aliphatic rings. The second kappa shape index (κ2) is 12.1. The molecule has 3 rings (SSSR count). The van der Waals surface area contributed by atoms with Gasteiger partial charge in [0.1, 0.15) is 23.0 Å². The highest BCUT2D eigenvalue weighted by Gasteiger charge is 2.23. The number of anilines is 1. The van der Waals surface area contributed by atoms with Crippen LogP contribution in [0, 0.1) is 22.7 Å². The first kappa shape index (κ1) is 25.1. The van der Waals surface area contributed by atoms with Gasteiger partial charge in [-0.15, -0.1) is 0 Å². The van der Waals surface area contributed by atoms with E-state index in [1.54, 1.807) is 26.4 Å². The Hall–Kier alpha value is -3.57. The van der Waals surface area contributed by atoms with Crippen LogP contribution in [-0.2, 0) is 15.5 Å². The number of ether oxygens (including phenoxy) is 1. The lowest BCUT2D eigenvalue weighted by Gasteiger charge is -2.15. The molecule has 0 spiro atoms. The predicted octanol–water partition coefficient (Wildman–Crippen LogP) is 3.63. The largest absolute Gasteiger partial charge is 0.384 e. The molecule has 1 atom stereocenters. The number of methoxy groups -OCH3 is 1. The van der Waals surface area contributed by atoms with E-state index in [4.69, 9.17) is 10.5 Å². The second-order valence-corrected chi connectivity index (χ2v) is 9.87. The third kappa shape index (κ3) is 5.67. The maximum atomic E-state index is 12.4. The minimum Gasteiger partial charge on any atom is -0.384 e. The predicted molar refractivity (Wildman–Crippen MR) is 136 cm³/mol. The van der Waals surface area contributed by atoms with Crippen molar-refractivity contribution >= 4 is 34.6 Å². The van der Waals surface area contributed by atoms with Crippen molar-refractivity contribution < 1.29 is 8.95 Å². The van der Waals surface area contributed by atoms with Crippen molar-refractivity contribution in [3.8, 4) is 34.5 Å². The van der Waals surface area contributed by atoms with Crippen LogP contribution in [0.15, 0.2) is 52.6 Å². The van der Waals surface area contributed by atoms with Gasteiger partial charge in [-0.2, -0.15) is 10.5 Å². The monoisotopic (exact) mass is 490 g/mol. The van der Waals surface area contributed by atoms with Crippen molar-refractivity contribution in [2.75, 3.05) is 37.3 Å². The zero-order chi connectivity index (χ0) is 24.5. The summed E-state index contributed by atoms with van der Waals surface area (Å²) in [5.74, 6) is 0.676. The quantitative estimate of drug-likeness (QED) is 0.354. The fourth-order valence-corrected chi connectivity index (χ4v) is 5.45. The molecule has 3 aromatic rings. The zero-order valence-electron chi connectivity index (χ0n) is 18.7. The van der Waals surface area contributed by atoms with E-state index in [0.29, 0.717) is 51.2 Å². The first-order chi connectivity index (χ1) is 16.5. The number of pyridine rings is 2. The van der Waals surface area contributed by atoms with Crippen LogP contribution in [0.25, 0.3) is 22.4 Å². The topological polar surface area (TPSA) is 138 Å². The van der Waals surface area contributed by atoms with Crippen molar-refractivity contribution in [1.82, 2.24) is 9.97 Å². The van der Waals surface area contributed by atoms with E-state index in [1.807, 2.05) is 30.3 Å². The van der Waals surface area contributed by atoms with E-state index in [-0.39, 0.29) is 16.2 Å². The molecule has 0 saturated carbocycles. The minimum absolute atomic E-state index is 0.234. The number of rotatable bonds is 9. The summed E-state index contributed by atoms with van der Waals surface area (Å²) in [7, 11) is 2.00. The lowest BCUT2D eigenvalue weighted by molar-refractivity contribution is 0.218. The zero-order valence-corrected chi connectivity index (χ0v) is 20.3. The molecule has 0 unspecified atom stereocenters. The van der Waals surface area contributed by atoms with Crippen LogP contribution in [0.2, 0.25) is 0 Å². The Balaban J connectivity index is 2.25. The summed E-state index contributed by atoms with van der Waals surface area (Å²) in [5.41, 5.74) is 9.17. The summed E-state index contributed by atoms with van der Waals surface area (Å²) in [6.07, 6.45) is 3.12. The fourth-order valence-electron chi connectivity index (χ4n) is 3.20. The number of benzene rings is 1. The van der Waals surface area contributed by atoms with Crippen LogP contribution in [0.5, 0.6) is 0 Å². The molecule has 10 heteroatoms. The van der Waals surface area contributed by atoms with Gasteiger partial charge >= 0.3 is 0 Å². The molecule has 0 amide bonds. The van der Waals surface area contributed by atoms with Crippen LogP contribution in [0.4, 0.5) is 5.82 Å². The normalized spacial score (nSPS) is 11.8. The molecule has 2 aromatic heterocycles. The number of nitrogens with zero attached hydrogens (tertiary/aromatic N) is 5. The number of hydrogen-bond acceptors (Lipinski definition) is 9. The van der Waals surface area contributed by atoms with Gasteiger partial charge in [0.05, 0.1) is 28.5 Å². The SMILES string of the molecule is CN=Cc1cc(-c2nc(SC[S@](=O)CCOC)c(C#N)c(-c3ccccc3)c2C#N)cnc1N. The first-order valence-corrected chi connectivity index (χ1v) is 12.6. The minimum atomic E-state index is -1.17. The van der Waals surface area contributed by atoms with Gasteiger partial charge in [0.2, 0.25) is 0 Å². The molecule has 0 bridgehead atoms. The van der Waals surface area contributed by atoms with Crippen molar-refractivity contribution in [1.29, 1.82) is 10.5 Å². The standard InChI is InChI=1S/C24H22N6O2S2/c1-28-13-18-10-17(14-29-23(18)27)22-19(11-25)21(16-6-4-3-5-7-16)20(12-26)24(30-22)33-15-34(31)9-8-32-2/h3-7,10,13-14H,8-9,15H2,1-2H3,(H2,27,29)/t34-/m1/s1. The number of nitriles is 2. The Morgan fingerprint density at radius 3 is 2.59 bits per heavy atom. The summed E-state index contributed by atoms with van der Waals surface area (Å²) >= 11 is 1.21. The molecule has 2 heterocycles. The summed E-state index contributed by atoms with van der Waals surface area (Å²) in [6, 6.07) is 15.4. The number of hydrogen-bond donors (Lipinski definition) is 1. The number of aliphatic imine (C=N–C) groups is 1. The molecule has 0 saturated heterocycles. The average molecular weight is 491 g/mol. The Kier molecular flexibility index (Phi) is 8.88. The summed E-state index contributed by atoms with van der Waals surface area (Å²) in [5, 5.41) is 20.8. The average Bonchev–Trinajstić information content (AvgIpc) is 2.87. The first-order valence-electron chi connectivity index (χ1n) is 10.1. The Bertz CT molecular complexity index is 1310. The molecule has 0 aliphatic heterocycles. The summed E-state index contributed by atoms with van der Waals surface area (Å²) < 4.78 is 17.4. The lowest BCUT2D eigenvalue weighted by Crippen LogP contribution is -2.07. The molecule has 0 radical (unpaired) electrons. The van der Waals surface area contributed by atoms with Crippen molar-refractivity contribution in [2.24, 2.45) is 4.99 Å². The van der Waals surface area contributed by atoms with Gasteiger partial charge in [0, 0.05) is 59.8 Å². The summed E-state index contributed by atoms with van der Waals surface area (Å²) in [6.45, 7) is 0.373. The Morgan fingerprint density at radius 1 is 1.21 bits per heavy atom. The van der Waals surface area contributed by atoms with Gasteiger partial charge in [-0.05, 0) is 11.6 Å². The highest BCUT2D eigenvalue weighted by molar-refractivity contribution is 8.10. The van der Waals surface area contributed by atoms with Crippen molar-refractivity contribution in [3.05, 3.63) is 59.3 Å². The van der Waals surface area contributed by atoms with Gasteiger partial charge in [0.15, 0.2) is 0 Å². The molecule has 172 valence electrons. The molecular formula is C24H22N6O2S2. The Labute approximate surface area is 205 Å². The summed E-state index contributed by atoms with van der Waals surface area (Å²) in [4.78, 5) is 12.9. The van der Waals surface area contributed by atoms with Crippen molar-refractivity contribution in [3.63, 3.8) is 0 Å². The maximum Gasteiger partial charge on any atom is 0.132 e. The molecule has 8 nitrogen and oxygen atoms in total. The molecule has 1 aromatic carbocycles. The van der Waals surface area contributed by atoms with Crippen LogP contribution in [0.3, 0.4) is 0 Å². The third-order valence-corrected chi connectivity index (χ3v) is 7.50. The van der Waals surface area contributed by atoms with E-state index in [9.17, 15) is 14.7 Å². The highest BCUT2D eigenvalue weighted by atomic mass is 32.2. The number of thioether (sulfide) groups is 1. The number of nitrogen functional groups attached to an aromatic ring is 1. The fraction of sp³-hybridized carbons (Fsp3) is 0.208. The van der Waals surface area contributed by atoms with Gasteiger partial charge in [-0.25, -0.2) is 9.97 Å². The third-order valence-electron chi connectivity index (χ3n) is 4.78. The number of nitrogens with two attached hydrogens (primary N) is 1. The van der Waals surface area contributed by atoms with E-state index in [1.165, 1.54) is 18.0 Å². The Morgan fingerprint density at radius 2 is 1.94 bits per heavy atom. The van der Waals surface area contributed by atoms with Crippen LogP contribution in [0.1, 0.15) is 16.7 Å². The smallest absolute Gasteiger partial charge is 0.132 e. The molecule has 2 N–H and O–H groups in total. The van der Waals surface area contributed by atoms with E-state index in [2.05, 4.69) is 27.1 Å². The molecule has 0 fully saturated rings. The van der Waals surface area contributed by atoms with E-state index < -0.39 is 10.8 Å². The second-order valence-electron chi connectivity index (χ2n) is 6.96. The van der Waals surface area contributed by atoms with Gasteiger partial charge in [-0.1, -0.05) is 42.1 Å². The molecule has 34 heavy (non-hydrogen) atoms. The van der Waals surface area contributed by atoms with Crippen molar-refractivity contribution in [2.45, 2.75) is 5.03 Å². The lowest BCUT2D eigenvalue weighted by atomic mass is 9.93. The van der Waals surface area contributed by atoms with Crippen LogP contribution < -0.4 is 5.73 Å². The van der Waals surface area contributed by atoms with Gasteiger partial charge in [-0.3, -0.25) is 9.20 Å². The van der Waals surface area contributed by atoms with Gasteiger partial charge < -0.3 is 10.5 Å². The van der Waals surface area contributed by atoms with E-state index >= 15 is 0 Å². The molecule has 0 aliphatic carbocycles. The van der Waals surface area contributed by atoms with Crippen LogP contribution in [-0.4, -0.2) is 52.0 Å². The number of aromatic nitrogens is 2. The van der Waals surface area contributed by atoms with E-state index in [0.717, 1.165) is 0 Å². The molecular weight excluding hydrogens is 468 g/mol.